The number of pyridine rings is 1. The molecule has 1 aliphatic carbocycles. The monoisotopic (exact) mass is 657 g/mol. The van der Waals surface area contributed by atoms with Crippen molar-refractivity contribution in [2.75, 3.05) is 9.80 Å². The van der Waals surface area contributed by atoms with Crippen LogP contribution in [0.1, 0.15) is 98.6 Å². The number of hydrogen-bond donors (Lipinski definition) is 1. The molecule has 2 fully saturated rings. The van der Waals surface area contributed by atoms with Crippen molar-refractivity contribution in [3.8, 4) is 6.07 Å². The average molecular weight is 658 g/mol. The van der Waals surface area contributed by atoms with Crippen LogP contribution in [-0.2, 0) is 20.8 Å². The lowest BCUT2D eigenvalue weighted by Crippen LogP contribution is -2.58. The van der Waals surface area contributed by atoms with Crippen molar-refractivity contribution in [3.05, 3.63) is 89.9 Å². The van der Waals surface area contributed by atoms with E-state index in [4.69, 9.17) is 0 Å². The minimum absolute atomic E-state index is 0.0151. The molecule has 3 amide bonds. The molecular weight excluding hydrogens is 605 g/mol. The van der Waals surface area contributed by atoms with Gasteiger partial charge in [-0.2, -0.15) is 5.26 Å². The van der Waals surface area contributed by atoms with Gasteiger partial charge in [0.2, 0.25) is 11.8 Å². The van der Waals surface area contributed by atoms with E-state index in [-0.39, 0.29) is 54.0 Å². The number of halogens is 1. The number of rotatable bonds is 9. The van der Waals surface area contributed by atoms with Crippen molar-refractivity contribution < 1.29 is 18.8 Å². The number of nitriles is 1. The molecule has 2 heterocycles. The van der Waals surface area contributed by atoms with Crippen LogP contribution in [0.2, 0.25) is 0 Å². The van der Waals surface area contributed by atoms with Gasteiger partial charge in [0.15, 0.2) is 0 Å². The number of aromatic nitrogens is 1. The van der Waals surface area contributed by atoms with Gasteiger partial charge in [-0.15, -0.1) is 0 Å². The number of hydrogen-bond acceptors (Lipinski definition) is 5. The molecule has 1 N–H and O–H groups in total. The van der Waals surface area contributed by atoms with Crippen molar-refractivity contribution >= 4 is 29.2 Å². The SMILES string of the molecule is CC.CC.CC.CC1(C)CC(NC(=O)C(CCc2ccccc2)N(C(=O)[C@@H]2CCC(=O)N2c2cc(C#N)ccn2)c2cccc(F)c2)C1. The van der Waals surface area contributed by atoms with E-state index >= 15 is 0 Å². The predicted molar refractivity (Wildman–Crippen MR) is 191 cm³/mol. The number of nitrogens with zero attached hydrogens (tertiary/aromatic N) is 4. The van der Waals surface area contributed by atoms with E-state index in [0.717, 1.165) is 18.4 Å². The first-order valence-electron chi connectivity index (χ1n) is 17.3. The molecule has 1 saturated heterocycles. The topological polar surface area (TPSA) is 106 Å². The van der Waals surface area contributed by atoms with E-state index in [1.165, 1.54) is 46.3 Å². The normalized spacial score (nSPS) is 16.6. The van der Waals surface area contributed by atoms with Crippen LogP contribution in [0, 0.1) is 22.6 Å². The molecular formula is C39H52FN5O3. The van der Waals surface area contributed by atoms with E-state index in [0.29, 0.717) is 12.0 Å². The highest BCUT2D eigenvalue weighted by atomic mass is 19.1. The standard InChI is InChI=1S/C33H34FN5O3.3C2H6/c1-33(2)19-25(20-33)37-31(41)27(12-11-22-7-4-3-5-8-22)38(26-10-6-9-24(34)18-26)32(42)28-13-14-30(40)39(28)29-17-23(21-35)15-16-36-29;3*1-2/h3-10,15-18,25,27-28H,11-14,19-20H2,1-2H3,(H,37,41);3*1-2H3/t27?,28-;;;/m0.../s1. The van der Waals surface area contributed by atoms with E-state index < -0.39 is 23.8 Å². The largest absolute Gasteiger partial charge is 0.352 e. The summed E-state index contributed by atoms with van der Waals surface area (Å²) < 4.78 is 14.6. The molecule has 2 aromatic carbocycles. The highest BCUT2D eigenvalue weighted by Crippen LogP contribution is 2.40. The second kappa shape index (κ2) is 19.3. The molecule has 1 unspecified atom stereocenters. The summed E-state index contributed by atoms with van der Waals surface area (Å²) in [6, 6.07) is 18.4. The molecule has 3 aromatic rings. The third-order valence-corrected chi connectivity index (χ3v) is 8.05. The molecule has 9 heteroatoms. The number of nitrogens with one attached hydrogen (secondary N) is 1. The molecule has 2 aliphatic rings. The molecule has 48 heavy (non-hydrogen) atoms. The van der Waals surface area contributed by atoms with Crippen molar-refractivity contribution in [3.63, 3.8) is 0 Å². The Hall–Kier alpha value is -4.58. The lowest BCUT2D eigenvalue weighted by atomic mass is 9.68. The van der Waals surface area contributed by atoms with Gasteiger partial charge in [0.05, 0.1) is 11.6 Å². The van der Waals surface area contributed by atoms with Crippen LogP contribution in [0.25, 0.3) is 0 Å². The van der Waals surface area contributed by atoms with Gasteiger partial charge < -0.3 is 5.32 Å². The Labute approximate surface area is 286 Å². The smallest absolute Gasteiger partial charge is 0.250 e. The van der Waals surface area contributed by atoms with E-state index in [1.54, 1.807) is 6.07 Å². The maximum Gasteiger partial charge on any atom is 0.250 e. The van der Waals surface area contributed by atoms with Crippen molar-refractivity contribution in [1.82, 2.24) is 10.3 Å². The Morgan fingerprint density at radius 2 is 1.69 bits per heavy atom. The zero-order chi connectivity index (χ0) is 35.9. The fraction of sp³-hybridized carbons (Fsp3) is 0.462. The highest BCUT2D eigenvalue weighted by molar-refractivity contribution is 6.10. The minimum Gasteiger partial charge on any atom is -0.352 e. The van der Waals surface area contributed by atoms with Gasteiger partial charge in [0.1, 0.15) is 23.7 Å². The summed E-state index contributed by atoms with van der Waals surface area (Å²) >= 11 is 0. The summed E-state index contributed by atoms with van der Waals surface area (Å²) in [6.07, 6.45) is 4.16. The van der Waals surface area contributed by atoms with Crippen molar-refractivity contribution in [2.45, 2.75) is 112 Å². The molecule has 1 aromatic heterocycles. The summed E-state index contributed by atoms with van der Waals surface area (Å²) in [6.45, 7) is 16.3. The van der Waals surface area contributed by atoms with Crippen LogP contribution in [0.5, 0.6) is 0 Å². The van der Waals surface area contributed by atoms with Crippen molar-refractivity contribution in [2.24, 2.45) is 5.41 Å². The molecule has 258 valence electrons. The van der Waals surface area contributed by atoms with E-state index in [1.807, 2.05) is 77.9 Å². The molecule has 0 spiro atoms. The van der Waals surface area contributed by atoms with Gasteiger partial charge in [0.25, 0.3) is 5.91 Å². The Bertz CT molecular complexity index is 1510. The van der Waals surface area contributed by atoms with Crippen LogP contribution in [0.3, 0.4) is 0 Å². The van der Waals surface area contributed by atoms with Gasteiger partial charge >= 0.3 is 0 Å². The van der Waals surface area contributed by atoms with Gasteiger partial charge in [0, 0.05) is 24.3 Å². The Morgan fingerprint density at radius 1 is 1.02 bits per heavy atom. The third-order valence-electron chi connectivity index (χ3n) is 8.05. The van der Waals surface area contributed by atoms with Gasteiger partial charge in [-0.3, -0.25) is 24.2 Å². The fourth-order valence-electron chi connectivity index (χ4n) is 6.07. The van der Waals surface area contributed by atoms with Crippen LogP contribution < -0.4 is 15.1 Å². The maximum atomic E-state index is 14.6. The van der Waals surface area contributed by atoms with Crippen LogP contribution in [0.4, 0.5) is 15.9 Å². The summed E-state index contributed by atoms with van der Waals surface area (Å²) in [7, 11) is 0. The molecule has 8 nitrogen and oxygen atoms in total. The Kier molecular flexibility index (Phi) is 15.9. The van der Waals surface area contributed by atoms with Crippen LogP contribution in [0.15, 0.2) is 72.9 Å². The first-order valence-corrected chi connectivity index (χ1v) is 17.3. The third kappa shape index (κ3) is 10.2. The Balaban J connectivity index is 0.00000126. The first kappa shape index (κ1) is 39.6. The molecule has 0 radical (unpaired) electrons. The van der Waals surface area contributed by atoms with Crippen LogP contribution in [-0.4, -0.2) is 40.8 Å². The summed E-state index contributed by atoms with van der Waals surface area (Å²) in [5.41, 5.74) is 1.67. The number of carbonyl (C=O) groups is 3. The maximum absolute atomic E-state index is 14.6. The van der Waals surface area contributed by atoms with Gasteiger partial charge in [-0.1, -0.05) is 91.8 Å². The average Bonchev–Trinajstić information content (AvgIpc) is 3.49. The summed E-state index contributed by atoms with van der Waals surface area (Å²) in [4.78, 5) is 48.5. The fourth-order valence-corrected chi connectivity index (χ4v) is 6.07. The van der Waals surface area contributed by atoms with Crippen molar-refractivity contribution in [1.29, 1.82) is 5.26 Å². The second-order valence-corrected chi connectivity index (χ2v) is 11.8. The Morgan fingerprint density at radius 3 is 2.29 bits per heavy atom. The summed E-state index contributed by atoms with van der Waals surface area (Å²) in [5.74, 6) is -1.48. The quantitative estimate of drug-likeness (QED) is 0.251. The zero-order valence-corrected chi connectivity index (χ0v) is 29.8. The number of anilines is 2. The predicted octanol–water partition coefficient (Wildman–Crippen LogP) is 8.01. The summed E-state index contributed by atoms with van der Waals surface area (Å²) in [5, 5.41) is 12.5. The second-order valence-electron chi connectivity index (χ2n) is 11.8. The minimum atomic E-state index is -0.975. The highest BCUT2D eigenvalue weighted by Gasteiger charge is 2.44. The number of carbonyl (C=O) groups excluding carboxylic acids is 3. The number of benzene rings is 2. The molecule has 1 aliphatic heterocycles. The molecule has 2 atom stereocenters. The lowest BCUT2D eigenvalue weighted by molar-refractivity contribution is -0.128. The molecule has 1 saturated carbocycles. The lowest BCUT2D eigenvalue weighted by Gasteiger charge is -2.44. The van der Waals surface area contributed by atoms with Gasteiger partial charge in [-0.25, -0.2) is 9.37 Å². The zero-order valence-electron chi connectivity index (χ0n) is 29.8. The molecule has 5 rings (SSSR count). The number of aryl methyl sites for hydroxylation is 1. The van der Waals surface area contributed by atoms with E-state index in [2.05, 4.69) is 24.1 Å². The van der Waals surface area contributed by atoms with Crippen LogP contribution >= 0.6 is 0 Å². The number of amides is 3. The van der Waals surface area contributed by atoms with Gasteiger partial charge in [-0.05, 0) is 73.4 Å². The molecule has 0 bridgehead atoms. The van der Waals surface area contributed by atoms with E-state index in [9.17, 15) is 24.0 Å². The first-order chi connectivity index (χ1) is 23.1.